The predicted molar refractivity (Wildman–Crippen MR) is 84.2 cm³/mol. The third-order valence-corrected chi connectivity index (χ3v) is 4.04. The molecule has 0 amide bonds. The van der Waals surface area contributed by atoms with Gasteiger partial charge in [-0.1, -0.05) is 6.07 Å². The van der Waals surface area contributed by atoms with Crippen molar-refractivity contribution in [2.45, 2.75) is 26.4 Å². The first kappa shape index (κ1) is 14.5. The number of rotatable bonds is 5. The quantitative estimate of drug-likeness (QED) is 0.906. The average Bonchev–Trinajstić information content (AvgIpc) is 2.82. The van der Waals surface area contributed by atoms with Crippen molar-refractivity contribution >= 4 is 11.0 Å². The lowest BCUT2D eigenvalue weighted by Gasteiger charge is -2.26. The topological polar surface area (TPSA) is 56.3 Å². The molecule has 0 aliphatic carbocycles. The van der Waals surface area contributed by atoms with E-state index in [4.69, 9.17) is 15.5 Å². The molecule has 0 radical (unpaired) electrons. The van der Waals surface area contributed by atoms with Crippen LogP contribution >= 0.6 is 0 Å². The number of fused-ring (bicyclic) bond motifs is 1. The van der Waals surface area contributed by atoms with E-state index in [-0.39, 0.29) is 0 Å². The summed E-state index contributed by atoms with van der Waals surface area (Å²) in [5, 5.41) is 0. The van der Waals surface area contributed by atoms with Gasteiger partial charge in [0.25, 0.3) is 0 Å². The minimum absolute atomic E-state index is 0.711. The number of ether oxygens (including phenoxy) is 1. The van der Waals surface area contributed by atoms with E-state index in [1.807, 2.05) is 0 Å². The summed E-state index contributed by atoms with van der Waals surface area (Å²) < 4.78 is 7.75. The second-order valence-electron chi connectivity index (χ2n) is 5.70. The van der Waals surface area contributed by atoms with Gasteiger partial charge < -0.3 is 15.0 Å². The van der Waals surface area contributed by atoms with Gasteiger partial charge in [0.1, 0.15) is 5.82 Å². The second-order valence-corrected chi connectivity index (χ2v) is 5.70. The van der Waals surface area contributed by atoms with E-state index in [1.54, 1.807) is 0 Å². The Bertz CT molecular complexity index is 602. The number of aromatic nitrogens is 2. The van der Waals surface area contributed by atoms with Crippen molar-refractivity contribution in [2.75, 3.05) is 32.8 Å². The van der Waals surface area contributed by atoms with Crippen LogP contribution in [0.3, 0.4) is 0 Å². The number of morpholine rings is 1. The molecule has 5 nitrogen and oxygen atoms in total. The Kier molecular flexibility index (Phi) is 4.53. The molecular formula is C16H24N4O. The highest BCUT2D eigenvalue weighted by Gasteiger charge is 2.16. The van der Waals surface area contributed by atoms with Crippen LogP contribution in [0.5, 0.6) is 0 Å². The summed E-state index contributed by atoms with van der Waals surface area (Å²) in [5.41, 5.74) is 9.25. The number of aryl methyl sites for hydroxylation is 2. The zero-order valence-corrected chi connectivity index (χ0v) is 12.7. The zero-order chi connectivity index (χ0) is 14.7. The van der Waals surface area contributed by atoms with Crippen LogP contribution in [0, 0.1) is 6.92 Å². The normalized spacial score (nSPS) is 16.7. The lowest BCUT2D eigenvalue weighted by atomic mass is 10.2. The first-order chi connectivity index (χ1) is 10.3. The third kappa shape index (κ3) is 3.26. The zero-order valence-electron chi connectivity index (χ0n) is 12.7. The molecule has 2 heterocycles. The van der Waals surface area contributed by atoms with Crippen LogP contribution in [0.4, 0.5) is 0 Å². The molecule has 114 valence electrons. The summed E-state index contributed by atoms with van der Waals surface area (Å²) in [6, 6.07) is 6.50. The Morgan fingerprint density at radius 3 is 2.86 bits per heavy atom. The molecular weight excluding hydrogens is 264 g/mol. The first-order valence-electron chi connectivity index (χ1n) is 7.74. The molecule has 0 unspecified atom stereocenters. The molecule has 0 saturated carbocycles. The summed E-state index contributed by atoms with van der Waals surface area (Å²) in [4.78, 5) is 7.27. The van der Waals surface area contributed by atoms with Crippen LogP contribution in [-0.4, -0.2) is 47.3 Å². The molecule has 1 aromatic carbocycles. The number of imidazole rings is 1. The number of benzene rings is 1. The summed E-state index contributed by atoms with van der Waals surface area (Å²) in [6.07, 6.45) is 0.982. The molecule has 1 aliphatic rings. The maximum absolute atomic E-state index is 5.69. The van der Waals surface area contributed by atoms with Gasteiger partial charge in [0.2, 0.25) is 0 Å². The van der Waals surface area contributed by atoms with E-state index in [2.05, 4.69) is 34.6 Å². The first-order valence-corrected chi connectivity index (χ1v) is 7.74. The Balaban J connectivity index is 1.90. The molecule has 5 heteroatoms. The fourth-order valence-corrected chi connectivity index (χ4v) is 2.87. The summed E-state index contributed by atoms with van der Waals surface area (Å²) >= 11 is 0. The Hall–Kier alpha value is -1.43. The van der Waals surface area contributed by atoms with E-state index in [0.717, 1.165) is 57.2 Å². The van der Waals surface area contributed by atoms with Crippen LogP contribution in [0.1, 0.15) is 17.8 Å². The van der Waals surface area contributed by atoms with Gasteiger partial charge in [0, 0.05) is 19.6 Å². The van der Waals surface area contributed by atoms with E-state index in [1.165, 1.54) is 11.1 Å². The fraction of sp³-hybridized carbons (Fsp3) is 0.562. The van der Waals surface area contributed by atoms with Gasteiger partial charge in [-0.2, -0.15) is 0 Å². The molecule has 1 aromatic heterocycles. The second kappa shape index (κ2) is 6.56. The summed E-state index contributed by atoms with van der Waals surface area (Å²) in [6.45, 7) is 8.27. The molecule has 1 fully saturated rings. The number of hydrogen-bond acceptors (Lipinski definition) is 4. The van der Waals surface area contributed by atoms with E-state index >= 15 is 0 Å². The average molecular weight is 288 g/mol. The Morgan fingerprint density at radius 1 is 1.29 bits per heavy atom. The number of hydrogen-bond donors (Lipinski definition) is 1. The molecule has 1 aliphatic heterocycles. The highest BCUT2D eigenvalue weighted by molar-refractivity contribution is 5.76. The highest BCUT2D eigenvalue weighted by Crippen LogP contribution is 2.19. The van der Waals surface area contributed by atoms with Gasteiger partial charge in [-0.3, -0.25) is 4.90 Å². The summed E-state index contributed by atoms with van der Waals surface area (Å²) in [5.74, 6) is 1.14. The standard InChI is InChI=1S/C16H24N4O/c1-13-3-4-15-14(11-13)18-16(20(15)6-2-5-17)12-19-7-9-21-10-8-19/h3-4,11H,2,5-10,12,17H2,1H3. The van der Waals surface area contributed by atoms with Crippen molar-refractivity contribution in [1.29, 1.82) is 0 Å². The van der Waals surface area contributed by atoms with Gasteiger partial charge in [-0.05, 0) is 37.6 Å². The van der Waals surface area contributed by atoms with E-state index in [0.29, 0.717) is 6.54 Å². The fourth-order valence-electron chi connectivity index (χ4n) is 2.87. The maximum Gasteiger partial charge on any atom is 0.124 e. The van der Waals surface area contributed by atoms with Gasteiger partial charge in [-0.25, -0.2) is 4.98 Å². The van der Waals surface area contributed by atoms with Crippen LogP contribution in [-0.2, 0) is 17.8 Å². The lowest BCUT2D eigenvalue weighted by Crippen LogP contribution is -2.36. The van der Waals surface area contributed by atoms with Gasteiger partial charge in [0.05, 0.1) is 30.8 Å². The third-order valence-electron chi connectivity index (χ3n) is 4.04. The SMILES string of the molecule is Cc1ccc2c(c1)nc(CN1CCOCC1)n2CCCN. The van der Waals surface area contributed by atoms with Crippen LogP contribution in [0.25, 0.3) is 11.0 Å². The van der Waals surface area contributed by atoms with Crippen LogP contribution in [0.15, 0.2) is 18.2 Å². The Labute approximate surface area is 125 Å². The molecule has 3 rings (SSSR count). The largest absolute Gasteiger partial charge is 0.379 e. The van der Waals surface area contributed by atoms with Gasteiger partial charge in [-0.15, -0.1) is 0 Å². The van der Waals surface area contributed by atoms with Gasteiger partial charge in [0.15, 0.2) is 0 Å². The molecule has 21 heavy (non-hydrogen) atoms. The minimum atomic E-state index is 0.711. The molecule has 0 spiro atoms. The van der Waals surface area contributed by atoms with Crippen molar-refractivity contribution in [3.63, 3.8) is 0 Å². The van der Waals surface area contributed by atoms with E-state index < -0.39 is 0 Å². The van der Waals surface area contributed by atoms with E-state index in [9.17, 15) is 0 Å². The number of nitrogens with zero attached hydrogens (tertiary/aromatic N) is 3. The van der Waals surface area contributed by atoms with Crippen molar-refractivity contribution in [2.24, 2.45) is 5.73 Å². The van der Waals surface area contributed by atoms with Crippen molar-refractivity contribution in [3.05, 3.63) is 29.6 Å². The van der Waals surface area contributed by atoms with Crippen LogP contribution < -0.4 is 5.73 Å². The molecule has 0 atom stereocenters. The van der Waals surface area contributed by atoms with Crippen molar-refractivity contribution in [3.8, 4) is 0 Å². The molecule has 2 aromatic rings. The summed E-state index contributed by atoms with van der Waals surface area (Å²) in [7, 11) is 0. The van der Waals surface area contributed by atoms with Crippen molar-refractivity contribution in [1.82, 2.24) is 14.5 Å². The Morgan fingerprint density at radius 2 is 2.10 bits per heavy atom. The minimum Gasteiger partial charge on any atom is -0.379 e. The number of nitrogens with two attached hydrogens (primary N) is 1. The highest BCUT2D eigenvalue weighted by atomic mass is 16.5. The van der Waals surface area contributed by atoms with Gasteiger partial charge >= 0.3 is 0 Å². The van der Waals surface area contributed by atoms with Crippen LogP contribution in [0.2, 0.25) is 0 Å². The molecule has 1 saturated heterocycles. The maximum atomic E-state index is 5.69. The monoisotopic (exact) mass is 288 g/mol. The lowest BCUT2D eigenvalue weighted by molar-refractivity contribution is 0.0326. The molecule has 2 N–H and O–H groups in total. The predicted octanol–water partition coefficient (Wildman–Crippen LogP) is 1.53. The van der Waals surface area contributed by atoms with Crippen molar-refractivity contribution < 1.29 is 4.74 Å². The smallest absolute Gasteiger partial charge is 0.124 e. The molecule has 0 bridgehead atoms.